The van der Waals surface area contributed by atoms with Gasteiger partial charge in [-0.2, -0.15) is 0 Å². The van der Waals surface area contributed by atoms with Crippen molar-refractivity contribution in [2.24, 2.45) is 0 Å². The second-order valence-corrected chi connectivity index (χ2v) is 5.70. The van der Waals surface area contributed by atoms with Crippen LogP contribution in [0.1, 0.15) is 0 Å². The zero-order valence-corrected chi connectivity index (χ0v) is 14.1. The van der Waals surface area contributed by atoms with Gasteiger partial charge >= 0.3 is 17.8 Å². The van der Waals surface area contributed by atoms with Crippen molar-refractivity contribution in [2.75, 3.05) is 32.1 Å². The summed E-state index contributed by atoms with van der Waals surface area (Å²) in [6, 6.07) is 12.1. The lowest BCUT2D eigenvalue weighted by molar-refractivity contribution is -0.143. The molecule has 0 aliphatic carbocycles. The predicted molar refractivity (Wildman–Crippen MR) is 93.3 cm³/mol. The number of fused-ring (bicyclic) bond motifs is 1. The lowest BCUT2D eigenvalue weighted by Crippen LogP contribution is -2.39. The molecule has 1 aliphatic rings. The molecule has 0 aromatic heterocycles. The molecule has 0 radical (unpaired) electrons. The van der Waals surface area contributed by atoms with E-state index in [1.54, 1.807) is 12.1 Å². The number of rotatable bonds is 6. The Labute approximate surface area is 149 Å². The van der Waals surface area contributed by atoms with Crippen LogP contribution in [0, 0.1) is 0 Å². The second-order valence-electron chi connectivity index (χ2n) is 5.70. The van der Waals surface area contributed by atoms with E-state index in [0.29, 0.717) is 10.6 Å². The standard InChI is InChI=1S/C18H17N3O5/c1-26-10-9-20-16(23)17(24)21(18(20)25)11-15(22)19-14-8-4-6-12-5-2-3-7-13(12)14/h2-8H,9-11H2,1H3,(H,19,22). The van der Waals surface area contributed by atoms with E-state index in [1.165, 1.54) is 7.11 Å². The van der Waals surface area contributed by atoms with Gasteiger partial charge in [0.1, 0.15) is 6.54 Å². The van der Waals surface area contributed by atoms with Crippen LogP contribution < -0.4 is 5.32 Å². The van der Waals surface area contributed by atoms with Gasteiger partial charge in [0, 0.05) is 18.2 Å². The molecule has 8 heteroatoms. The first-order chi connectivity index (χ1) is 12.5. The first kappa shape index (κ1) is 17.6. The maximum atomic E-state index is 12.3. The molecule has 3 rings (SSSR count). The molecule has 0 saturated carbocycles. The van der Waals surface area contributed by atoms with E-state index in [2.05, 4.69) is 5.32 Å². The van der Waals surface area contributed by atoms with Crippen molar-refractivity contribution in [3.05, 3.63) is 42.5 Å². The highest BCUT2D eigenvalue weighted by Crippen LogP contribution is 2.23. The van der Waals surface area contributed by atoms with Gasteiger partial charge in [-0.3, -0.25) is 19.3 Å². The molecule has 0 bridgehead atoms. The summed E-state index contributed by atoms with van der Waals surface area (Å²) < 4.78 is 4.82. The van der Waals surface area contributed by atoms with Gasteiger partial charge < -0.3 is 10.1 Å². The lowest BCUT2D eigenvalue weighted by atomic mass is 10.1. The second kappa shape index (κ2) is 7.32. The van der Waals surface area contributed by atoms with Crippen molar-refractivity contribution >= 4 is 40.2 Å². The number of hydrogen-bond acceptors (Lipinski definition) is 5. The zero-order chi connectivity index (χ0) is 18.7. The molecule has 2 aromatic rings. The minimum absolute atomic E-state index is 0.0403. The Morgan fingerprint density at radius 3 is 2.46 bits per heavy atom. The molecule has 8 nitrogen and oxygen atoms in total. The molecular weight excluding hydrogens is 338 g/mol. The van der Waals surface area contributed by atoms with Gasteiger partial charge in [0.25, 0.3) is 0 Å². The molecule has 1 fully saturated rings. The lowest BCUT2D eigenvalue weighted by Gasteiger charge is -2.15. The van der Waals surface area contributed by atoms with Crippen LogP contribution in [-0.4, -0.2) is 60.4 Å². The summed E-state index contributed by atoms with van der Waals surface area (Å²) in [5, 5.41) is 4.46. The Morgan fingerprint density at radius 2 is 1.69 bits per heavy atom. The number of ether oxygens (including phenoxy) is 1. The average molecular weight is 355 g/mol. The first-order valence-corrected chi connectivity index (χ1v) is 7.97. The number of carbonyl (C=O) groups excluding carboxylic acids is 4. The third kappa shape index (κ3) is 3.27. The predicted octanol–water partition coefficient (Wildman–Crippen LogP) is 1.22. The van der Waals surface area contributed by atoms with Crippen LogP contribution in [0.2, 0.25) is 0 Å². The van der Waals surface area contributed by atoms with Crippen LogP contribution in [0.4, 0.5) is 10.5 Å². The Kier molecular flexibility index (Phi) is 4.94. The fraction of sp³-hybridized carbons (Fsp3) is 0.222. The van der Waals surface area contributed by atoms with E-state index >= 15 is 0 Å². The molecule has 1 saturated heterocycles. The molecular formula is C18H17N3O5. The quantitative estimate of drug-likeness (QED) is 0.621. The third-order valence-corrected chi connectivity index (χ3v) is 4.02. The highest BCUT2D eigenvalue weighted by molar-refractivity contribution is 6.45. The third-order valence-electron chi connectivity index (χ3n) is 4.02. The van der Waals surface area contributed by atoms with E-state index in [9.17, 15) is 19.2 Å². The molecule has 2 aromatic carbocycles. The van der Waals surface area contributed by atoms with Crippen LogP contribution >= 0.6 is 0 Å². The fourth-order valence-electron chi connectivity index (χ4n) is 2.74. The Hall–Kier alpha value is -3.26. The largest absolute Gasteiger partial charge is 0.383 e. The van der Waals surface area contributed by atoms with Gasteiger partial charge in [-0.15, -0.1) is 0 Å². The summed E-state index contributed by atoms with van der Waals surface area (Å²) >= 11 is 0. The zero-order valence-electron chi connectivity index (χ0n) is 14.1. The van der Waals surface area contributed by atoms with Gasteiger partial charge in [0.2, 0.25) is 5.91 Å². The average Bonchev–Trinajstić information content (AvgIpc) is 2.84. The van der Waals surface area contributed by atoms with Crippen LogP contribution in [0.5, 0.6) is 0 Å². The van der Waals surface area contributed by atoms with E-state index in [0.717, 1.165) is 15.7 Å². The monoisotopic (exact) mass is 355 g/mol. The number of nitrogens with one attached hydrogen (secondary N) is 1. The molecule has 1 N–H and O–H groups in total. The molecule has 0 unspecified atom stereocenters. The van der Waals surface area contributed by atoms with Crippen molar-refractivity contribution in [3.63, 3.8) is 0 Å². The maximum absolute atomic E-state index is 12.3. The van der Waals surface area contributed by atoms with Gasteiger partial charge in [0.15, 0.2) is 0 Å². The van der Waals surface area contributed by atoms with Crippen molar-refractivity contribution in [3.8, 4) is 0 Å². The van der Waals surface area contributed by atoms with Crippen LogP contribution in [0.25, 0.3) is 10.8 Å². The highest BCUT2D eigenvalue weighted by atomic mass is 16.5. The normalized spacial score (nSPS) is 14.4. The van der Waals surface area contributed by atoms with Crippen molar-refractivity contribution in [2.45, 2.75) is 0 Å². The van der Waals surface area contributed by atoms with Crippen molar-refractivity contribution in [1.29, 1.82) is 0 Å². The minimum Gasteiger partial charge on any atom is -0.383 e. The molecule has 5 amide bonds. The topological polar surface area (TPSA) is 96.0 Å². The summed E-state index contributed by atoms with van der Waals surface area (Å²) in [5.74, 6) is -2.53. The van der Waals surface area contributed by atoms with E-state index in [1.807, 2.05) is 30.3 Å². The summed E-state index contributed by atoms with van der Waals surface area (Å²) in [6.45, 7) is -0.460. The number of anilines is 1. The number of amides is 5. The van der Waals surface area contributed by atoms with E-state index in [4.69, 9.17) is 4.74 Å². The Balaban J connectivity index is 1.72. The smallest absolute Gasteiger partial charge is 0.334 e. The molecule has 1 aliphatic heterocycles. The molecule has 0 spiro atoms. The van der Waals surface area contributed by atoms with Crippen molar-refractivity contribution in [1.82, 2.24) is 9.80 Å². The van der Waals surface area contributed by atoms with E-state index < -0.39 is 30.3 Å². The fourth-order valence-corrected chi connectivity index (χ4v) is 2.74. The highest BCUT2D eigenvalue weighted by Gasteiger charge is 2.44. The van der Waals surface area contributed by atoms with Crippen LogP contribution in [0.15, 0.2) is 42.5 Å². The Bertz CT molecular complexity index is 890. The number of imide groups is 2. The number of nitrogens with zero attached hydrogens (tertiary/aromatic N) is 2. The first-order valence-electron chi connectivity index (χ1n) is 7.97. The summed E-state index contributed by atoms with van der Waals surface area (Å²) in [5.41, 5.74) is 0.565. The number of hydrogen-bond donors (Lipinski definition) is 1. The van der Waals surface area contributed by atoms with Gasteiger partial charge in [-0.1, -0.05) is 36.4 Å². The van der Waals surface area contributed by atoms with Gasteiger partial charge in [-0.05, 0) is 11.5 Å². The molecule has 134 valence electrons. The molecule has 0 atom stereocenters. The van der Waals surface area contributed by atoms with Crippen molar-refractivity contribution < 1.29 is 23.9 Å². The Morgan fingerprint density at radius 1 is 1.00 bits per heavy atom. The SMILES string of the molecule is COCCN1C(=O)C(=O)N(CC(=O)Nc2cccc3ccccc23)C1=O. The van der Waals surface area contributed by atoms with Crippen LogP contribution in [-0.2, 0) is 19.1 Å². The van der Waals surface area contributed by atoms with Gasteiger partial charge in [0.05, 0.1) is 13.2 Å². The molecule has 1 heterocycles. The summed E-state index contributed by atoms with van der Waals surface area (Å²) in [6.07, 6.45) is 0. The maximum Gasteiger partial charge on any atom is 0.334 e. The van der Waals surface area contributed by atoms with Gasteiger partial charge in [-0.25, -0.2) is 9.69 Å². The van der Waals surface area contributed by atoms with Crippen LogP contribution in [0.3, 0.4) is 0 Å². The summed E-state index contributed by atoms with van der Waals surface area (Å²) in [4.78, 5) is 49.8. The number of benzene rings is 2. The summed E-state index contributed by atoms with van der Waals surface area (Å²) in [7, 11) is 1.42. The van der Waals surface area contributed by atoms with E-state index in [-0.39, 0.29) is 13.2 Å². The minimum atomic E-state index is -1.01. The number of carbonyl (C=O) groups is 4. The number of urea groups is 1. The number of methoxy groups -OCH3 is 1. The molecule has 26 heavy (non-hydrogen) atoms.